The molecule has 1 aromatic heterocycles. The summed E-state index contributed by atoms with van der Waals surface area (Å²) in [7, 11) is 0. The van der Waals surface area contributed by atoms with E-state index in [0.29, 0.717) is 17.6 Å². The summed E-state index contributed by atoms with van der Waals surface area (Å²) in [4.78, 5) is 22.9. The second-order valence-corrected chi connectivity index (χ2v) is 7.77. The van der Waals surface area contributed by atoms with Gasteiger partial charge in [0.25, 0.3) is 0 Å². The lowest BCUT2D eigenvalue weighted by atomic mass is 10.0. The van der Waals surface area contributed by atoms with E-state index in [1.165, 1.54) is 24.3 Å². The summed E-state index contributed by atoms with van der Waals surface area (Å²) in [5.74, 6) is 3.31. The minimum absolute atomic E-state index is 0.0213. The summed E-state index contributed by atoms with van der Waals surface area (Å²) in [5.41, 5.74) is 1.37. The summed E-state index contributed by atoms with van der Waals surface area (Å²) >= 11 is 2.09. The van der Waals surface area contributed by atoms with Crippen molar-refractivity contribution in [3.05, 3.63) is 17.5 Å². The zero-order valence-electron chi connectivity index (χ0n) is 14.0. The Morgan fingerprint density at radius 3 is 2.57 bits per heavy atom. The van der Waals surface area contributed by atoms with Gasteiger partial charge in [-0.2, -0.15) is 11.8 Å². The zero-order chi connectivity index (χ0) is 16.2. The number of nitrogens with zero attached hydrogens (tertiary/aromatic N) is 3. The highest BCUT2D eigenvalue weighted by atomic mass is 32.2. The third kappa shape index (κ3) is 4.23. The molecule has 0 spiro atoms. The average molecular weight is 334 g/mol. The highest BCUT2D eigenvalue weighted by Gasteiger charge is 2.26. The van der Waals surface area contributed by atoms with Crippen LogP contribution < -0.4 is 5.32 Å². The normalized spacial score (nSPS) is 21.3. The molecule has 2 saturated heterocycles. The van der Waals surface area contributed by atoms with E-state index in [9.17, 15) is 4.79 Å². The van der Waals surface area contributed by atoms with Crippen molar-refractivity contribution < 1.29 is 4.79 Å². The maximum atomic E-state index is 11.4. The number of aryl methyl sites for hydroxylation is 1. The fourth-order valence-electron chi connectivity index (χ4n) is 3.52. The van der Waals surface area contributed by atoms with Gasteiger partial charge < -0.3 is 10.2 Å². The third-order valence-corrected chi connectivity index (χ3v) is 5.98. The van der Waals surface area contributed by atoms with Crippen LogP contribution in [0.2, 0.25) is 0 Å². The Hall–Kier alpha value is -1.14. The maximum Gasteiger partial charge on any atom is 0.223 e. The van der Waals surface area contributed by atoms with E-state index in [4.69, 9.17) is 0 Å². The van der Waals surface area contributed by atoms with Gasteiger partial charge in [0.05, 0.1) is 11.3 Å². The number of aromatic nitrogens is 2. The van der Waals surface area contributed by atoms with Crippen LogP contribution in [0, 0.1) is 6.92 Å². The number of hydrogen-bond donors (Lipinski definition) is 1. The van der Waals surface area contributed by atoms with Gasteiger partial charge in [0.2, 0.25) is 5.95 Å². The van der Waals surface area contributed by atoms with Crippen LogP contribution in [-0.4, -0.2) is 57.3 Å². The molecular weight excluding hydrogens is 308 g/mol. The van der Waals surface area contributed by atoms with E-state index in [1.807, 2.05) is 6.92 Å². The van der Waals surface area contributed by atoms with Crippen LogP contribution in [-0.2, 0) is 0 Å². The molecule has 6 heteroatoms. The number of rotatable bonds is 4. The molecule has 126 valence electrons. The zero-order valence-corrected chi connectivity index (χ0v) is 14.9. The molecule has 3 rings (SSSR count). The number of ketones is 1. The van der Waals surface area contributed by atoms with E-state index in [1.54, 1.807) is 13.1 Å². The molecule has 1 N–H and O–H groups in total. The molecule has 0 amide bonds. The van der Waals surface area contributed by atoms with Crippen LogP contribution in [0.25, 0.3) is 0 Å². The lowest BCUT2D eigenvalue weighted by molar-refractivity contribution is 0.101. The third-order valence-electron chi connectivity index (χ3n) is 4.93. The Bertz CT molecular complexity index is 552. The van der Waals surface area contributed by atoms with E-state index in [0.717, 1.165) is 37.7 Å². The summed E-state index contributed by atoms with van der Waals surface area (Å²) in [5, 5.41) is 3.45. The first-order valence-corrected chi connectivity index (χ1v) is 9.72. The summed E-state index contributed by atoms with van der Waals surface area (Å²) < 4.78 is 0. The monoisotopic (exact) mass is 334 g/mol. The first-order chi connectivity index (χ1) is 11.1. The Morgan fingerprint density at radius 2 is 1.96 bits per heavy atom. The first kappa shape index (κ1) is 16.7. The van der Waals surface area contributed by atoms with Crippen LogP contribution in [0.1, 0.15) is 48.7 Å². The maximum absolute atomic E-state index is 11.4. The molecular formula is C17H26N4OS. The van der Waals surface area contributed by atoms with Crippen molar-refractivity contribution in [1.82, 2.24) is 14.9 Å². The molecule has 23 heavy (non-hydrogen) atoms. The minimum Gasteiger partial charge on any atom is -0.351 e. The number of Topliss-reactive ketones (excluding diaryl/α,β-unsaturated/α-hetero) is 1. The van der Waals surface area contributed by atoms with Crippen molar-refractivity contribution in [2.75, 3.05) is 29.9 Å². The van der Waals surface area contributed by atoms with Gasteiger partial charge in [0.15, 0.2) is 5.78 Å². The fraction of sp³-hybridized carbons (Fsp3) is 0.706. The summed E-state index contributed by atoms with van der Waals surface area (Å²) in [6.07, 6.45) is 6.61. The Balaban J connectivity index is 1.52. The lowest BCUT2D eigenvalue weighted by Gasteiger charge is -2.39. The average Bonchev–Trinajstić information content (AvgIpc) is 2.56. The van der Waals surface area contributed by atoms with E-state index >= 15 is 0 Å². The summed E-state index contributed by atoms with van der Waals surface area (Å²) in [6.45, 7) is 5.75. The SMILES string of the molecule is CC(=O)c1cnc(NC2CCN(C3CCSCC3)CC2)nc1C. The Morgan fingerprint density at radius 1 is 1.26 bits per heavy atom. The van der Waals surface area contributed by atoms with Gasteiger partial charge in [-0.3, -0.25) is 4.79 Å². The number of anilines is 1. The molecule has 5 nitrogen and oxygen atoms in total. The number of thioether (sulfide) groups is 1. The quantitative estimate of drug-likeness (QED) is 0.855. The molecule has 0 atom stereocenters. The van der Waals surface area contributed by atoms with Crippen molar-refractivity contribution in [2.24, 2.45) is 0 Å². The Kier molecular flexibility index (Phi) is 5.54. The van der Waals surface area contributed by atoms with Crippen molar-refractivity contribution in [2.45, 2.75) is 51.6 Å². The second kappa shape index (κ2) is 7.62. The van der Waals surface area contributed by atoms with E-state index in [2.05, 4.69) is 31.9 Å². The topological polar surface area (TPSA) is 58.1 Å². The molecule has 1 aromatic rings. The van der Waals surface area contributed by atoms with Crippen LogP contribution in [0.15, 0.2) is 6.20 Å². The molecule has 2 fully saturated rings. The molecule has 0 unspecified atom stereocenters. The Labute approximate surface area is 142 Å². The van der Waals surface area contributed by atoms with Gasteiger partial charge in [-0.05, 0) is 51.0 Å². The van der Waals surface area contributed by atoms with Gasteiger partial charge in [-0.25, -0.2) is 9.97 Å². The fourth-order valence-corrected chi connectivity index (χ4v) is 4.61. The van der Waals surface area contributed by atoms with Crippen LogP contribution in [0.5, 0.6) is 0 Å². The van der Waals surface area contributed by atoms with Crippen LogP contribution in [0.4, 0.5) is 5.95 Å². The predicted octanol–water partition coefficient (Wildman–Crippen LogP) is 2.76. The van der Waals surface area contributed by atoms with Gasteiger partial charge in [0.1, 0.15) is 0 Å². The molecule has 0 bridgehead atoms. The van der Waals surface area contributed by atoms with Crippen molar-refractivity contribution in [1.29, 1.82) is 0 Å². The lowest BCUT2D eigenvalue weighted by Crippen LogP contribution is -2.46. The number of carbonyl (C=O) groups is 1. The number of hydrogen-bond acceptors (Lipinski definition) is 6. The number of likely N-dealkylation sites (tertiary alicyclic amines) is 1. The van der Waals surface area contributed by atoms with Gasteiger partial charge in [-0.1, -0.05) is 0 Å². The van der Waals surface area contributed by atoms with Crippen molar-refractivity contribution in [3.63, 3.8) is 0 Å². The first-order valence-electron chi connectivity index (χ1n) is 8.56. The van der Waals surface area contributed by atoms with Crippen LogP contribution >= 0.6 is 11.8 Å². The predicted molar refractivity (Wildman–Crippen MR) is 95.3 cm³/mol. The minimum atomic E-state index is 0.0213. The molecule has 3 heterocycles. The van der Waals surface area contributed by atoms with E-state index in [-0.39, 0.29) is 5.78 Å². The van der Waals surface area contributed by atoms with Crippen molar-refractivity contribution >= 4 is 23.5 Å². The number of carbonyl (C=O) groups excluding carboxylic acids is 1. The number of piperidine rings is 1. The van der Waals surface area contributed by atoms with E-state index < -0.39 is 0 Å². The van der Waals surface area contributed by atoms with Gasteiger partial charge in [0, 0.05) is 31.4 Å². The molecule has 0 aromatic carbocycles. The second-order valence-electron chi connectivity index (χ2n) is 6.55. The highest BCUT2D eigenvalue weighted by molar-refractivity contribution is 7.99. The van der Waals surface area contributed by atoms with Gasteiger partial charge >= 0.3 is 0 Å². The molecule has 2 aliphatic heterocycles. The van der Waals surface area contributed by atoms with Gasteiger partial charge in [-0.15, -0.1) is 0 Å². The number of nitrogens with one attached hydrogen (secondary N) is 1. The smallest absolute Gasteiger partial charge is 0.223 e. The standard InChI is InChI=1S/C17H26N4OS/c1-12-16(13(2)22)11-18-17(19-12)20-14-3-7-21(8-4-14)15-5-9-23-10-6-15/h11,14-15H,3-10H2,1-2H3,(H,18,19,20). The molecule has 0 radical (unpaired) electrons. The molecule has 0 saturated carbocycles. The van der Waals surface area contributed by atoms with Crippen molar-refractivity contribution in [3.8, 4) is 0 Å². The largest absolute Gasteiger partial charge is 0.351 e. The van der Waals surface area contributed by atoms with Crippen LogP contribution in [0.3, 0.4) is 0 Å². The summed E-state index contributed by atoms with van der Waals surface area (Å²) in [6, 6.07) is 1.23. The molecule has 2 aliphatic rings. The highest BCUT2D eigenvalue weighted by Crippen LogP contribution is 2.25. The molecule has 0 aliphatic carbocycles.